The summed E-state index contributed by atoms with van der Waals surface area (Å²) in [5.74, 6) is -1.70. The highest BCUT2D eigenvalue weighted by Crippen LogP contribution is 2.35. The smallest absolute Gasteiger partial charge is 0.408 e. The van der Waals surface area contributed by atoms with Gasteiger partial charge in [0.1, 0.15) is 23.4 Å². The summed E-state index contributed by atoms with van der Waals surface area (Å²) in [5, 5.41) is 15.7. The number of aromatic hydroxyl groups is 1. The minimum absolute atomic E-state index is 0.0561. The van der Waals surface area contributed by atoms with Crippen molar-refractivity contribution in [3.8, 4) is 5.75 Å². The lowest BCUT2D eigenvalue weighted by molar-refractivity contribution is -0.146. The summed E-state index contributed by atoms with van der Waals surface area (Å²) in [5.41, 5.74) is 6.39. The van der Waals surface area contributed by atoms with Crippen molar-refractivity contribution in [3.05, 3.63) is 59.7 Å². The number of phenols is 1. The number of amides is 4. The molecular formula is C29H38N4O6. The monoisotopic (exact) mass is 538 g/mol. The Labute approximate surface area is 228 Å². The number of carbonyl (C=O) groups excluding carboxylic acids is 4. The van der Waals surface area contributed by atoms with Gasteiger partial charge < -0.3 is 31.1 Å². The zero-order valence-electron chi connectivity index (χ0n) is 22.9. The topological polar surface area (TPSA) is 151 Å². The standard InChI is InChI=1S/C29H38N4O6/c1-18-9-5-6-14-22(18)31-26(36)25(19-10-7-13-21(34)17-19)33(20-11-8-12-20)27(37)23(15-16-24(30)35)32-28(38)39-29(2,3)4/h5-7,9-10,13-14,17,20,23,25,34H,8,11-12,15-16H2,1-4H3,(H2,30,35)(H,31,36)(H,32,38). The molecule has 0 heterocycles. The molecule has 0 aliphatic heterocycles. The van der Waals surface area contributed by atoms with E-state index in [4.69, 9.17) is 10.5 Å². The summed E-state index contributed by atoms with van der Waals surface area (Å²) in [7, 11) is 0. The lowest BCUT2D eigenvalue weighted by Gasteiger charge is -2.43. The van der Waals surface area contributed by atoms with Crippen LogP contribution in [0, 0.1) is 6.92 Å². The third-order valence-electron chi connectivity index (χ3n) is 6.51. The Morgan fingerprint density at radius 2 is 1.79 bits per heavy atom. The second-order valence-corrected chi connectivity index (χ2v) is 10.8. The predicted molar refractivity (Wildman–Crippen MR) is 147 cm³/mol. The van der Waals surface area contributed by atoms with Gasteiger partial charge in [0.15, 0.2) is 0 Å². The Hall–Kier alpha value is -4.08. The molecule has 210 valence electrons. The van der Waals surface area contributed by atoms with Crippen LogP contribution in [0.5, 0.6) is 5.75 Å². The normalized spacial score (nSPS) is 14.9. The van der Waals surface area contributed by atoms with E-state index in [0.29, 0.717) is 24.1 Å². The maximum absolute atomic E-state index is 14.2. The molecule has 0 saturated heterocycles. The maximum atomic E-state index is 14.2. The Morgan fingerprint density at radius 1 is 1.10 bits per heavy atom. The van der Waals surface area contributed by atoms with Crippen molar-refractivity contribution in [2.75, 3.05) is 5.32 Å². The van der Waals surface area contributed by atoms with E-state index < -0.39 is 41.5 Å². The van der Waals surface area contributed by atoms with E-state index in [2.05, 4.69) is 10.6 Å². The van der Waals surface area contributed by atoms with Crippen molar-refractivity contribution >= 4 is 29.5 Å². The SMILES string of the molecule is Cc1ccccc1NC(=O)C(c1cccc(O)c1)N(C(=O)C(CCC(N)=O)NC(=O)OC(C)(C)C)C1CCC1. The Bertz CT molecular complexity index is 1200. The van der Waals surface area contributed by atoms with Crippen molar-refractivity contribution in [1.29, 1.82) is 0 Å². The first-order valence-corrected chi connectivity index (χ1v) is 13.1. The number of ether oxygens (including phenoxy) is 1. The van der Waals surface area contributed by atoms with Crippen LogP contribution in [0.4, 0.5) is 10.5 Å². The Kier molecular flexibility index (Phi) is 9.56. The highest BCUT2D eigenvalue weighted by Gasteiger charge is 2.42. The summed E-state index contributed by atoms with van der Waals surface area (Å²) >= 11 is 0. The van der Waals surface area contributed by atoms with E-state index in [-0.39, 0.29) is 24.6 Å². The van der Waals surface area contributed by atoms with Crippen LogP contribution in [0.25, 0.3) is 0 Å². The van der Waals surface area contributed by atoms with Crippen LogP contribution in [0.3, 0.4) is 0 Å². The molecule has 3 rings (SSSR count). The van der Waals surface area contributed by atoms with Gasteiger partial charge in [-0.1, -0.05) is 30.3 Å². The number of nitrogens with zero attached hydrogens (tertiary/aromatic N) is 1. The lowest BCUT2D eigenvalue weighted by Crippen LogP contribution is -2.57. The molecule has 0 bridgehead atoms. The van der Waals surface area contributed by atoms with Crippen LogP contribution in [0.15, 0.2) is 48.5 Å². The molecule has 4 amide bonds. The molecule has 10 nitrogen and oxygen atoms in total. The number of nitrogens with one attached hydrogen (secondary N) is 2. The average molecular weight is 539 g/mol. The van der Waals surface area contributed by atoms with E-state index in [1.807, 2.05) is 19.1 Å². The van der Waals surface area contributed by atoms with Gasteiger partial charge in [0.25, 0.3) is 5.91 Å². The van der Waals surface area contributed by atoms with E-state index in [0.717, 1.165) is 12.0 Å². The maximum Gasteiger partial charge on any atom is 0.408 e. The number of hydrogen-bond donors (Lipinski definition) is 4. The van der Waals surface area contributed by atoms with Crippen molar-refractivity contribution in [2.24, 2.45) is 5.73 Å². The zero-order valence-corrected chi connectivity index (χ0v) is 22.9. The number of hydrogen-bond acceptors (Lipinski definition) is 6. The molecular weight excluding hydrogens is 500 g/mol. The van der Waals surface area contributed by atoms with E-state index in [1.165, 1.54) is 17.0 Å². The van der Waals surface area contributed by atoms with Crippen LogP contribution >= 0.6 is 0 Å². The number of carbonyl (C=O) groups is 4. The second-order valence-electron chi connectivity index (χ2n) is 10.8. The van der Waals surface area contributed by atoms with Gasteiger partial charge in [0.05, 0.1) is 0 Å². The Balaban J connectivity index is 2.03. The van der Waals surface area contributed by atoms with Crippen LogP contribution in [-0.2, 0) is 19.1 Å². The number of anilines is 1. The second kappa shape index (κ2) is 12.6. The van der Waals surface area contributed by atoms with Crippen LogP contribution in [0.1, 0.15) is 70.0 Å². The van der Waals surface area contributed by atoms with Gasteiger partial charge in [-0.25, -0.2) is 4.79 Å². The summed E-state index contributed by atoms with van der Waals surface area (Å²) in [4.78, 5) is 53.8. The molecule has 0 aromatic heterocycles. The first-order valence-electron chi connectivity index (χ1n) is 13.1. The largest absolute Gasteiger partial charge is 0.508 e. The number of benzene rings is 2. The first-order chi connectivity index (χ1) is 18.4. The summed E-state index contributed by atoms with van der Waals surface area (Å²) < 4.78 is 5.36. The number of alkyl carbamates (subject to hydrolysis) is 1. The number of para-hydroxylation sites is 1. The summed E-state index contributed by atoms with van der Waals surface area (Å²) in [6.07, 6.45) is 1.14. The minimum Gasteiger partial charge on any atom is -0.508 e. The number of primary amides is 1. The third kappa shape index (κ3) is 8.20. The van der Waals surface area contributed by atoms with Crippen molar-refractivity contribution in [1.82, 2.24) is 10.2 Å². The predicted octanol–water partition coefficient (Wildman–Crippen LogP) is 3.92. The van der Waals surface area contributed by atoms with E-state index >= 15 is 0 Å². The quantitative estimate of drug-likeness (QED) is 0.360. The third-order valence-corrected chi connectivity index (χ3v) is 6.51. The molecule has 1 aliphatic carbocycles. The van der Waals surface area contributed by atoms with E-state index in [9.17, 15) is 24.3 Å². The molecule has 5 N–H and O–H groups in total. The molecule has 1 aliphatic rings. The van der Waals surface area contributed by atoms with E-state index in [1.54, 1.807) is 45.0 Å². The number of rotatable bonds is 10. The molecule has 10 heteroatoms. The average Bonchev–Trinajstić information content (AvgIpc) is 2.80. The van der Waals surface area contributed by atoms with Crippen LogP contribution in [-0.4, -0.2) is 51.5 Å². The molecule has 2 aromatic rings. The molecule has 39 heavy (non-hydrogen) atoms. The van der Waals surface area contributed by atoms with Crippen LogP contribution < -0.4 is 16.4 Å². The molecule has 0 spiro atoms. The van der Waals surface area contributed by atoms with Crippen molar-refractivity contribution < 1.29 is 29.0 Å². The highest BCUT2D eigenvalue weighted by atomic mass is 16.6. The van der Waals surface area contributed by atoms with Gasteiger partial charge in [-0.2, -0.15) is 0 Å². The highest BCUT2D eigenvalue weighted by molar-refractivity contribution is 5.99. The van der Waals surface area contributed by atoms with Gasteiger partial charge in [0.2, 0.25) is 11.8 Å². The van der Waals surface area contributed by atoms with Gasteiger partial charge in [-0.3, -0.25) is 14.4 Å². The van der Waals surface area contributed by atoms with Crippen LogP contribution in [0.2, 0.25) is 0 Å². The summed E-state index contributed by atoms with van der Waals surface area (Å²) in [6, 6.07) is 10.9. The first kappa shape index (κ1) is 29.5. The van der Waals surface area contributed by atoms with Crippen molar-refractivity contribution in [2.45, 2.75) is 83.5 Å². The number of nitrogens with two attached hydrogens (primary N) is 1. The fourth-order valence-electron chi connectivity index (χ4n) is 4.40. The Morgan fingerprint density at radius 3 is 2.36 bits per heavy atom. The molecule has 0 radical (unpaired) electrons. The van der Waals surface area contributed by atoms with Gasteiger partial charge in [-0.05, 0) is 82.7 Å². The van der Waals surface area contributed by atoms with Crippen molar-refractivity contribution in [3.63, 3.8) is 0 Å². The minimum atomic E-state index is -1.17. The zero-order chi connectivity index (χ0) is 28.7. The van der Waals surface area contributed by atoms with Gasteiger partial charge >= 0.3 is 6.09 Å². The number of phenolic OH excluding ortho intramolecular Hbond substituents is 1. The lowest BCUT2D eigenvalue weighted by atomic mass is 9.87. The molecule has 1 saturated carbocycles. The van der Waals surface area contributed by atoms with Gasteiger partial charge in [0, 0.05) is 18.2 Å². The van der Waals surface area contributed by atoms with Gasteiger partial charge in [-0.15, -0.1) is 0 Å². The molecule has 2 aromatic carbocycles. The number of aryl methyl sites for hydroxylation is 1. The fraction of sp³-hybridized carbons (Fsp3) is 0.448. The molecule has 2 atom stereocenters. The fourth-order valence-corrected chi connectivity index (χ4v) is 4.40. The summed E-state index contributed by atoms with van der Waals surface area (Å²) in [6.45, 7) is 6.95. The molecule has 1 fully saturated rings. The molecule has 2 unspecified atom stereocenters.